The van der Waals surface area contributed by atoms with Crippen LogP contribution in [0.1, 0.15) is 6.92 Å². The fourth-order valence-electron chi connectivity index (χ4n) is 2.99. The smallest absolute Gasteiger partial charge is 0.417 e. The van der Waals surface area contributed by atoms with Gasteiger partial charge in [-0.25, -0.2) is 9.69 Å². The lowest BCUT2D eigenvalue weighted by molar-refractivity contribution is -0.125. The predicted molar refractivity (Wildman–Crippen MR) is 82.8 cm³/mol. The van der Waals surface area contributed by atoms with E-state index in [0.29, 0.717) is 13.1 Å². The summed E-state index contributed by atoms with van der Waals surface area (Å²) in [5.74, 6) is -0.249. The van der Waals surface area contributed by atoms with Crippen LogP contribution < -0.4 is 4.90 Å². The fourth-order valence-corrected chi connectivity index (χ4v) is 2.99. The standard InChI is InChI=1S/C16H21N3O3/c1-13(20)19-12-15(22-16(19)21)11-17-7-9-18(10-8-17)14-5-3-2-4-6-14/h2-6,15H,7-12H2,1H3. The van der Waals surface area contributed by atoms with E-state index in [2.05, 4.69) is 34.1 Å². The molecule has 0 N–H and O–H groups in total. The Kier molecular flexibility index (Phi) is 4.29. The number of rotatable bonds is 3. The highest BCUT2D eigenvalue weighted by Gasteiger charge is 2.35. The van der Waals surface area contributed by atoms with E-state index >= 15 is 0 Å². The van der Waals surface area contributed by atoms with Crippen molar-refractivity contribution in [1.29, 1.82) is 0 Å². The number of benzene rings is 1. The van der Waals surface area contributed by atoms with Crippen molar-refractivity contribution in [3.63, 3.8) is 0 Å². The van der Waals surface area contributed by atoms with Gasteiger partial charge in [0.2, 0.25) is 5.91 Å². The van der Waals surface area contributed by atoms with Gasteiger partial charge in [0.15, 0.2) is 0 Å². The number of carbonyl (C=O) groups is 2. The number of hydrogen-bond donors (Lipinski definition) is 0. The summed E-state index contributed by atoms with van der Waals surface area (Å²) in [6.07, 6.45) is -0.722. The van der Waals surface area contributed by atoms with Gasteiger partial charge in [-0.3, -0.25) is 9.69 Å². The van der Waals surface area contributed by atoms with Crippen molar-refractivity contribution >= 4 is 17.7 Å². The van der Waals surface area contributed by atoms with Gasteiger partial charge in [0, 0.05) is 45.3 Å². The Morgan fingerprint density at radius 2 is 1.86 bits per heavy atom. The van der Waals surface area contributed by atoms with Gasteiger partial charge in [0.25, 0.3) is 0 Å². The summed E-state index contributed by atoms with van der Waals surface area (Å²) in [4.78, 5) is 28.7. The molecule has 1 atom stereocenters. The van der Waals surface area contributed by atoms with Crippen molar-refractivity contribution in [3.8, 4) is 0 Å². The quantitative estimate of drug-likeness (QED) is 0.839. The van der Waals surface area contributed by atoms with Crippen molar-refractivity contribution in [2.45, 2.75) is 13.0 Å². The minimum absolute atomic E-state index is 0.209. The van der Waals surface area contributed by atoms with Gasteiger partial charge >= 0.3 is 6.09 Å². The van der Waals surface area contributed by atoms with E-state index in [9.17, 15) is 9.59 Å². The minimum atomic E-state index is -0.513. The van der Waals surface area contributed by atoms with Crippen LogP contribution in [-0.2, 0) is 9.53 Å². The molecule has 2 aliphatic rings. The number of para-hydroxylation sites is 1. The van der Waals surface area contributed by atoms with E-state index in [-0.39, 0.29) is 12.0 Å². The first kappa shape index (κ1) is 14.8. The molecule has 0 aromatic heterocycles. The van der Waals surface area contributed by atoms with E-state index in [1.165, 1.54) is 17.5 Å². The van der Waals surface area contributed by atoms with Crippen molar-refractivity contribution in [2.24, 2.45) is 0 Å². The van der Waals surface area contributed by atoms with Crippen LogP contribution >= 0.6 is 0 Å². The molecule has 6 heteroatoms. The highest BCUT2D eigenvalue weighted by atomic mass is 16.6. The van der Waals surface area contributed by atoms with Gasteiger partial charge in [-0.1, -0.05) is 18.2 Å². The van der Waals surface area contributed by atoms with Crippen LogP contribution in [0.15, 0.2) is 30.3 Å². The number of cyclic esters (lactones) is 1. The summed E-state index contributed by atoms with van der Waals surface area (Å²) in [5, 5.41) is 0. The zero-order chi connectivity index (χ0) is 15.5. The summed E-state index contributed by atoms with van der Waals surface area (Å²) < 4.78 is 5.26. The SMILES string of the molecule is CC(=O)N1CC(CN2CCN(c3ccccc3)CC2)OC1=O. The van der Waals surface area contributed by atoms with Crippen LogP contribution in [0.5, 0.6) is 0 Å². The molecule has 1 aromatic rings. The fraction of sp³-hybridized carbons (Fsp3) is 0.500. The number of carbonyl (C=O) groups excluding carboxylic acids is 2. The second-order valence-electron chi connectivity index (χ2n) is 5.76. The number of piperazine rings is 1. The summed E-state index contributed by atoms with van der Waals surface area (Å²) in [5.41, 5.74) is 1.25. The first-order valence-electron chi connectivity index (χ1n) is 7.64. The van der Waals surface area contributed by atoms with E-state index in [4.69, 9.17) is 4.74 Å². The molecule has 3 rings (SSSR count). The summed E-state index contributed by atoms with van der Waals surface area (Å²) in [6, 6.07) is 10.4. The molecular weight excluding hydrogens is 282 g/mol. The largest absolute Gasteiger partial charge is 0.443 e. The number of hydrogen-bond acceptors (Lipinski definition) is 5. The van der Waals surface area contributed by atoms with Crippen molar-refractivity contribution in [1.82, 2.24) is 9.80 Å². The van der Waals surface area contributed by atoms with Crippen LogP contribution in [0.4, 0.5) is 10.5 Å². The number of anilines is 1. The van der Waals surface area contributed by atoms with Gasteiger partial charge in [0.05, 0.1) is 6.54 Å². The van der Waals surface area contributed by atoms with Gasteiger partial charge in [-0.15, -0.1) is 0 Å². The Labute approximate surface area is 130 Å². The molecule has 6 nitrogen and oxygen atoms in total. The first-order valence-corrected chi connectivity index (χ1v) is 7.64. The van der Waals surface area contributed by atoms with Crippen LogP contribution in [0.2, 0.25) is 0 Å². The Hall–Kier alpha value is -2.08. The van der Waals surface area contributed by atoms with Crippen molar-refractivity contribution < 1.29 is 14.3 Å². The summed E-state index contributed by atoms with van der Waals surface area (Å²) in [6.45, 7) is 6.24. The third-order valence-corrected chi connectivity index (χ3v) is 4.21. The number of imide groups is 1. The molecular formula is C16H21N3O3. The second kappa shape index (κ2) is 6.36. The molecule has 0 spiro atoms. The molecule has 2 fully saturated rings. The summed E-state index contributed by atoms with van der Waals surface area (Å²) >= 11 is 0. The van der Waals surface area contributed by atoms with Gasteiger partial charge in [0.1, 0.15) is 6.10 Å². The van der Waals surface area contributed by atoms with Crippen molar-refractivity contribution in [3.05, 3.63) is 30.3 Å². The number of nitrogens with zero attached hydrogens (tertiary/aromatic N) is 3. The molecule has 2 saturated heterocycles. The minimum Gasteiger partial charge on any atom is -0.443 e. The molecule has 2 aliphatic heterocycles. The second-order valence-corrected chi connectivity index (χ2v) is 5.76. The van der Waals surface area contributed by atoms with E-state index in [1.54, 1.807) is 0 Å². The Bertz CT molecular complexity index is 541. The van der Waals surface area contributed by atoms with Crippen LogP contribution in [0.25, 0.3) is 0 Å². The monoisotopic (exact) mass is 303 g/mol. The van der Waals surface area contributed by atoms with Crippen LogP contribution in [0.3, 0.4) is 0 Å². The molecule has 118 valence electrons. The zero-order valence-corrected chi connectivity index (χ0v) is 12.8. The van der Waals surface area contributed by atoms with Gasteiger partial charge < -0.3 is 9.64 Å². The van der Waals surface area contributed by atoms with Gasteiger partial charge in [-0.05, 0) is 12.1 Å². The molecule has 0 bridgehead atoms. The molecule has 0 radical (unpaired) electrons. The third-order valence-electron chi connectivity index (χ3n) is 4.21. The highest BCUT2D eigenvalue weighted by molar-refractivity contribution is 5.91. The molecule has 1 unspecified atom stereocenters. The molecule has 0 saturated carbocycles. The molecule has 0 aliphatic carbocycles. The third kappa shape index (κ3) is 3.22. The summed E-state index contributed by atoms with van der Waals surface area (Å²) in [7, 11) is 0. The predicted octanol–water partition coefficient (Wildman–Crippen LogP) is 1.18. The number of ether oxygens (including phenoxy) is 1. The Balaban J connectivity index is 1.49. The lowest BCUT2D eigenvalue weighted by Gasteiger charge is -2.36. The maximum Gasteiger partial charge on any atom is 0.417 e. The van der Waals surface area contributed by atoms with E-state index < -0.39 is 6.09 Å². The maximum atomic E-state index is 11.6. The zero-order valence-electron chi connectivity index (χ0n) is 12.8. The Morgan fingerprint density at radius 3 is 2.45 bits per heavy atom. The highest BCUT2D eigenvalue weighted by Crippen LogP contribution is 2.17. The lowest BCUT2D eigenvalue weighted by Crippen LogP contribution is -2.49. The molecule has 22 heavy (non-hydrogen) atoms. The van der Waals surface area contributed by atoms with Crippen LogP contribution in [0, 0.1) is 0 Å². The van der Waals surface area contributed by atoms with Crippen molar-refractivity contribution in [2.75, 3.05) is 44.2 Å². The normalized spacial score (nSPS) is 22.8. The van der Waals surface area contributed by atoms with E-state index in [0.717, 1.165) is 26.2 Å². The molecule has 2 amide bonds. The maximum absolute atomic E-state index is 11.6. The average Bonchev–Trinajstić information content (AvgIpc) is 2.90. The molecule has 2 heterocycles. The van der Waals surface area contributed by atoms with E-state index in [1.807, 2.05) is 6.07 Å². The van der Waals surface area contributed by atoms with Crippen LogP contribution in [-0.4, -0.2) is 67.2 Å². The lowest BCUT2D eigenvalue weighted by atomic mass is 10.2. The topological polar surface area (TPSA) is 53.1 Å². The Morgan fingerprint density at radius 1 is 1.18 bits per heavy atom. The van der Waals surface area contributed by atoms with Gasteiger partial charge in [-0.2, -0.15) is 0 Å². The number of amides is 2. The molecule has 1 aromatic carbocycles. The first-order chi connectivity index (χ1) is 10.6. The average molecular weight is 303 g/mol.